The van der Waals surface area contributed by atoms with Gasteiger partial charge in [0.1, 0.15) is 5.82 Å². The highest BCUT2D eigenvalue weighted by molar-refractivity contribution is 6.31. The number of hydrogen-bond donors (Lipinski definition) is 1. The number of β-amino-alcohol motifs (C(OH)–C–C–N with tert-alkyl or cyclic N) is 1. The maximum Gasteiger partial charge on any atom is 0.129 e. The molecule has 1 aromatic rings. The molecule has 0 aromatic heterocycles. The standard InChI is InChI=1S/C15H20ClFN2O/c16-12-4-3-5-13(17)11(12)8-18-9-14(15(20)10-18)19-6-1-2-7-19/h3-5,14-15,20H,1-2,6-10H2/t14-,15-/m0/s1. The molecule has 0 unspecified atom stereocenters. The van der Waals surface area contributed by atoms with Crippen LogP contribution in [0.5, 0.6) is 0 Å². The number of hydrogen-bond acceptors (Lipinski definition) is 3. The molecule has 110 valence electrons. The fourth-order valence-electron chi connectivity index (χ4n) is 3.32. The molecule has 3 nitrogen and oxygen atoms in total. The van der Waals surface area contributed by atoms with Gasteiger partial charge in [-0.2, -0.15) is 0 Å². The predicted octanol–water partition coefficient (Wildman–Crippen LogP) is 2.12. The van der Waals surface area contributed by atoms with E-state index in [0.717, 1.165) is 19.6 Å². The Balaban J connectivity index is 1.67. The van der Waals surface area contributed by atoms with Gasteiger partial charge in [0.05, 0.1) is 6.10 Å². The van der Waals surface area contributed by atoms with E-state index in [1.807, 2.05) is 0 Å². The fraction of sp³-hybridized carbons (Fsp3) is 0.600. The lowest BCUT2D eigenvalue weighted by molar-refractivity contribution is 0.0978. The summed E-state index contributed by atoms with van der Waals surface area (Å²) in [5.41, 5.74) is 0.531. The lowest BCUT2D eigenvalue weighted by Crippen LogP contribution is -2.41. The lowest BCUT2D eigenvalue weighted by Gasteiger charge is -2.25. The van der Waals surface area contributed by atoms with E-state index < -0.39 is 0 Å². The van der Waals surface area contributed by atoms with Crippen molar-refractivity contribution in [3.63, 3.8) is 0 Å². The summed E-state index contributed by atoms with van der Waals surface area (Å²) in [5, 5.41) is 10.7. The summed E-state index contributed by atoms with van der Waals surface area (Å²) in [6, 6.07) is 4.95. The van der Waals surface area contributed by atoms with Gasteiger partial charge in [0.15, 0.2) is 0 Å². The summed E-state index contributed by atoms with van der Waals surface area (Å²) in [6.45, 7) is 3.97. The summed E-state index contributed by atoms with van der Waals surface area (Å²) >= 11 is 6.07. The van der Waals surface area contributed by atoms with Crippen LogP contribution in [-0.2, 0) is 6.54 Å². The first-order chi connectivity index (χ1) is 9.65. The number of benzene rings is 1. The molecule has 2 saturated heterocycles. The molecule has 0 amide bonds. The van der Waals surface area contributed by atoms with Gasteiger partial charge in [-0.05, 0) is 38.1 Å². The van der Waals surface area contributed by atoms with E-state index in [9.17, 15) is 9.50 Å². The molecule has 1 aromatic carbocycles. The lowest BCUT2D eigenvalue weighted by atomic mass is 10.2. The third kappa shape index (κ3) is 2.84. The summed E-state index contributed by atoms with van der Waals surface area (Å²) in [7, 11) is 0. The highest BCUT2D eigenvalue weighted by Crippen LogP contribution is 2.25. The summed E-state index contributed by atoms with van der Waals surface area (Å²) in [4.78, 5) is 4.45. The summed E-state index contributed by atoms with van der Waals surface area (Å²) in [5.74, 6) is -0.267. The number of halogens is 2. The first-order valence-corrected chi connectivity index (χ1v) is 7.60. The predicted molar refractivity (Wildman–Crippen MR) is 77.3 cm³/mol. The second kappa shape index (κ2) is 5.98. The number of likely N-dealkylation sites (tertiary alicyclic amines) is 2. The minimum Gasteiger partial charge on any atom is -0.390 e. The zero-order valence-electron chi connectivity index (χ0n) is 11.4. The van der Waals surface area contributed by atoms with Crippen molar-refractivity contribution >= 4 is 11.6 Å². The normalized spacial score (nSPS) is 28.4. The molecule has 2 fully saturated rings. The molecule has 5 heteroatoms. The smallest absolute Gasteiger partial charge is 0.129 e. The van der Waals surface area contributed by atoms with Crippen molar-refractivity contribution in [3.05, 3.63) is 34.6 Å². The molecule has 2 heterocycles. The first kappa shape index (κ1) is 14.3. The van der Waals surface area contributed by atoms with Gasteiger partial charge in [0.25, 0.3) is 0 Å². The molecule has 2 aliphatic heterocycles. The van der Waals surface area contributed by atoms with Crippen LogP contribution in [0.3, 0.4) is 0 Å². The molecule has 0 saturated carbocycles. The average Bonchev–Trinajstić information content (AvgIpc) is 3.03. The molecule has 2 aliphatic rings. The van der Waals surface area contributed by atoms with Crippen molar-refractivity contribution in [1.82, 2.24) is 9.80 Å². The van der Waals surface area contributed by atoms with Crippen LogP contribution >= 0.6 is 11.6 Å². The molecule has 1 N–H and O–H groups in total. The second-order valence-electron chi connectivity index (χ2n) is 5.77. The van der Waals surface area contributed by atoms with E-state index in [4.69, 9.17) is 11.6 Å². The van der Waals surface area contributed by atoms with Gasteiger partial charge < -0.3 is 5.11 Å². The highest BCUT2D eigenvalue weighted by Gasteiger charge is 2.36. The van der Waals surface area contributed by atoms with E-state index in [1.54, 1.807) is 12.1 Å². The van der Waals surface area contributed by atoms with E-state index in [1.165, 1.54) is 18.9 Å². The van der Waals surface area contributed by atoms with Crippen LogP contribution < -0.4 is 0 Å². The minimum absolute atomic E-state index is 0.183. The van der Waals surface area contributed by atoms with Gasteiger partial charge in [-0.3, -0.25) is 9.80 Å². The van der Waals surface area contributed by atoms with Gasteiger partial charge in [-0.15, -0.1) is 0 Å². The summed E-state index contributed by atoms with van der Waals surface area (Å²) < 4.78 is 13.8. The van der Waals surface area contributed by atoms with Crippen molar-refractivity contribution in [2.75, 3.05) is 26.2 Å². The van der Waals surface area contributed by atoms with E-state index in [0.29, 0.717) is 23.7 Å². The molecule has 0 spiro atoms. The molecular formula is C15H20ClFN2O. The molecule has 3 rings (SSSR count). The number of nitrogens with zero attached hydrogens (tertiary/aromatic N) is 2. The number of rotatable bonds is 3. The van der Waals surface area contributed by atoms with Crippen LogP contribution in [0, 0.1) is 5.82 Å². The minimum atomic E-state index is -0.348. The molecule has 0 bridgehead atoms. The highest BCUT2D eigenvalue weighted by atomic mass is 35.5. The van der Waals surface area contributed by atoms with Gasteiger partial charge >= 0.3 is 0 Å². The second-order valence-corrected chi connectivity index (χ2v) is 6.18. The largest absolute Gasteiger partial charge is 0.390 e. The van der Waals surface area contributed by atoms with Gasteiger partial charge in [-0.1, -0.05) is 17.7 Å². The van der Waals surface area contributed by atoms with Crippen LogP contribution in [0.4, 0.5) is 4.39 Å². The Hall–Kier alpha value is -0.680. The fourth-order valence-corrected chi connectivity index (χ4v) is 3.54. The van der Waals surface area contributed by atoms with Gasteiger partial charge in [0.2, 0.25) is 0 Å². The van der Waals surface area contributed by atoms with Crippen LogP contribution in [0.2, 0.25) is 5.02 Å². The first-order valence-electron chi connectivity index (χ1n) is 7.22. The number of aliphatic hydroxyl groups is 1. The average molecular weight is 299 g/mol. The van der Waals surface area contributed by atoms with Gasteiger partial charge in [0, 0.05) is 36.3 Å². The third-order valence-electron chi connectivity index (χ3n) is 4.39. The Morgan fingerprint density at radius 2 is 2.00 bits per heavy atom. The Morgan fingerprint density at radius 3 is 2.70 bits per heavy atom. The molecular weight excluding hydrogens is 279 g/mol. The third-order valence-corrected chi connectivity index (χ3v) is 4.74. The zero-order valence-corrected chi connectivity index (χ0v) is 12.2. The molecule has 0 radical (unpaired) electrons. The Kier molecular flexibility index (Phi) is 4.26. The van der Waals surface area contributed by atoms with E-state index in [-0.39, 0.29) is 18.0 Å². The van der Waals surface area contributed by atoms with Crippen LogP contribution in [0.15, 0.2) is 18.2 Å². The van der Waals surface area contributed by atoms with E-state index in [2.05, 4.69) is 9.80 Å². The van der Waals surface area contributed by atoms with Crippen molar-refractivity contribution in [2.45, 2.75) is 31.5 Å². The van der Waals surface area contributed by atoms with Crippen molar-refractivity contribution in [2.24, 2.45) is 0 Å². The summed E-state index contributed by atoms with van der Waals surface area (Å²) in [6.07, 6.45) is 2.07. The Labute approximate surface area is 123 Å². The number of aliphatic hydroxyl groups excluding tert-OH is 1. The molecule has 2 atom stereocenters. The zero-order chi connectivity index (χ0) is 14.1. The SMILES string of the molecule is O[C@H]1CN(Cc2c(F)cccc2Cl)C[C@@H]1N1CCCC1. The van der Waals surface area contributed by atoms with Crippen LogP contribution in [0.25, 0.3) is 0 Å². The van der Waals surface area contributed by atoms with Crippen molar-refractivity contribution in [1.29, 1.82) is 0 Å². The van der Waals surface area contributed by atoms with Crippen molar-refractivity contribution in [3.8, 4) is 0 Å². The maximum absolute atomic E-state index is 13.8. The molecule has 20 heavy (non-hydrogen) atoms. The quantitative estimate of drug-likeness (QED) is 0.926. The van der Waals surface area contributed by atoms with Crippen LogP contribution in [0.1, 0.15) is 18.4 Å². The Morgan fingerprint density at radius 1 is 1.25 bits per heavy atom. The Bertz CT molecular complexity index is 459. The topological polar surface area (TPSA) is 26.7 Å². The van der Waals surface area contributed by atoms with Gasteiger partial charge in [-0.25, -0.2) is 4.39 Å². The van der Waals surface area contributed by atoms with Crippen LogP contribution in [-0.4, -0.2) is 53.2 Å². The maximum atomic E-state index is 13.8. The molecule has 0 aliphatic carbocycles. The monoisotopic (exact) mass is 298 g/mol. The van der Waals surface area contributed by atoms with E-state index >= 15 is 0 Å². The van der Waals surface area contributed by atoms with Crippen molar-refractivity contribution < 1.29 is 9.50 Å².